The van der Waals surface area contributed by atoms with Crippen LogP contribution in [-0.4, -0.2) is 31.2 Å². The first-order chi connectivity index (χ1) is 9.02. The largest absolute Gasteiger partial charge is 0.311 e. The number of benzene rings is 1. The maximum absolute atomic E-state index is 13.2. The van der Waals surface area contributed by atoms with E-state index < -0.39 is 23.8 Å². The van der Waals surface area contributed by atoms with Crippen LogP contribution in [0.2, 0.25) is 0 Å². The van der Waals surface area contributed by atoms with Crippen molar-refractivity contribution >= 4 is 11.6 Å². The van der Waals surface area contributed by atoms with Gasteiger partial charge in [0.15, 0.2) is 11.6 Å². The van der Waals surface area contributed by atoms with Crippen molar-refractivity contribution in [1.82, 2.24) is 5.32 Å². The van der Waals surface area contributed by atoms with Gasteiger partial charge in [-0.15, -0.1) is 0 Å². The molecular formula is C13H15F3N2O. The normalized spacial score (nSPS) is 22.5. The summed E-state index contributed by atoms with van der Waals surface area (Å²) >= 11 is 0. The highest BCUT2D eigenvalue weighted by atomic mass is 19.2. The van der Waals surface area contributed by atoms with Crippen molar-refractivity contribution in [2.24, 2.45) is 0 Å². The molecule has 1 N–H and O–H groups in total. The van der Waals surface area contributed by atoms with E-state index in [-0.39, 0.29) is 24.6 Å². The molecule has 0 radical (unpaired) electrons. The second-order valence-electron chi connectivity index (χ2n) is 4.47. The predicted molar refractivity (Wildman–Crippen MR) is 65.7 cm³/mol. The standard InChI is InChI=1S/C13H15F3N2O/c1-2-18(9-3-4-10(15)11(16)6-9)13(19)12-5-8(14)7-17-12/h3-4,6,8,12,17H,2,5,7H2,1H3/t8-,12-/m0/s1. The van der Waals surface area contributed by atoms with E-state index in [0.717, 1.165) is 12.1 Å². The molecule has 19 heavy (non-hydrogen) atoms. The van der Waals surface area contributed by atoms with Gasteiger partial charge in [-0.05, 0) is 19.1 Å². The zero-order valence-electron chi connectivity index (χ0n) is 10.5. The first kappa shape index (κ1) is 13.9. The van der Waals surface area contributed by atoms with Crippen LogP contribution in [0.4, 0.5) is 18.9 Å². The number of alkyl halides is 1. The highest BCUT2D eigenvalue weighted by Gasteiger charge is 2.32. The number of rotatable bonds is 3. The maximum Gasteiger partial charge on any atom is 0.244 e. The molecule has 1 amide bonds. The fourth-order valence-electron chi connectivity index (χ4n) is 2.19. The van der Waals surface area contributed by atoms with Crippen molar-refractivity contribution in [3.63, 3.8) is 0 Å². The molecule has 0 aliphatic carbocycles. The number of anilines is 1. The van der Waals surface area contributed by atoms with E-state index in [0.29, 0.717) is 6.54 Å². The lowest BCUT2D eigenvalue weighted by Gasteiger charge is -2.24. The molecule has 1 aromatic carbocycles. The molecule has 0 spiro atoms. The van der Waals surface area contributed by atoms with Gasteiger partial charge in [0.05, 0.1) is 6.04 Å². The zero-order valence-corrected chi connectivity index (χ0v) is 10.5. The summed E-state index contributed by atoms with van der Waals surface area (Å²) in [5, 5.41) is 2.78. The van der Waals surface area contributed by atoms with Gasteiger partial charge in [-0.1, -0.05) is 0 Å². The number of nitrogens with zero attached hydrogens (tertiary/aromatic N) is 1. The molecule has 0 unspecified atom stereocenters. The Morgan fingerprint density at radius 3 is 2.68 bits per heavy atom. The van der Waals surface area contributed by atoms with Crippen LogP contribution >= 0.6 is 0 Å². The van der Waals surface area contributed by atoms with Crippen LogP contribution in [0.1, 0.15) is 13.3 Å². The molecule has 0 aromatic heterocycles. The van der Waals surface area contributed by atoms with E-state index in [1.807, 2.05) is 0 Å². The van der Waals surface area contributed by atoms with Crippen molar-refractivity contribution in [2.75, 3.05) is 18.0 Å². The SMILES string of the molecule is CCN(C(=O)[C@@H]1C[C@H](F)CN1)c1ccc(F)c(F)c1. The summed E-state index contributed by atoms with van der Waals surface area (Å²) < 4.78 is 39.1. The number of amides is 1. The Morgan fingerprint density at radius 2 is 2.16 bits per heavy atom. The number of hydrogen-bond donors (Lipinski definition) is 1. The highest BCUT2D eigenvalue weighted by molar-refractivity contribution is 5.97. The molecule has 1 saturated heterocycles. The van der Waals surface area contributed by atoms with Crippen molar-refractivity contribution in [3.8, 4) is 0 Å². The van der Waals surface area contributed by atoms with Crippen LogP contribution in [-0.2, 0) is 4.79 Å². The fourth-order valence-corrected chi connectivity index (χ4v) is 2.19. The van der Waals surface area contributed by atoms with Crippen molar-refractivity contribution in [3.05, 3.63) is 29.8 Å². The molecular weight excluding hydrogens is 257 g/mol. The summed E-state index contributed by atoms with van der Waals surface area (Å²) in [5.41, 5.74) is 0.274. The predicted octanol–water partition coefficient (Wildman–Crippen LogP) is 2.02. The Balaban J connectivity index is 2.19. The van der Waals surface area contributed by atoms with E-state index in [2.05, 4.69) is 5.32 Å². The molecule has 2 rings (SSSR count). The number of carbonyl (C=O) groups excluding carboxylic acids is 1. The monoisotopic (exact) mass is 272 g/mol. The lowest BCUT2D eigenvalue weighted by molar-refractivity contribution is -0.120. The second-order valence-corrected chi connectivity index (χ2v) is 4.47. The molecule has 3 nitrogen and oxygen atoms in total. The van der Waals surface area contributed by atoms with Crippen LogP contribution in [0.15, 0.2) is 18.2 Å². The average Bonchev–Trinajstić information content (AvgIpc) is 2.81. The van der Waals surface area contributed by atoms with Crippen LogP contribution in [0, 0.1) is 11.6 Å². The number of hydrogen-bond acceptors (Lipinski definition) is 2. The maximum atomic E-state index is 13.2. The molecule has 1 heterocycles. The third-order valence-corrected chi connectivity index (χ3v) is 3.17. The van der Waals surface area contributed by atoms with Crippen LogP contribution in [0.25, 0.3) is 0 Å². The van der Waals surface area contributed by atoms with Gasteiger partial charge < -0.3 is 10.2 Å². The molecule has 0 saturated carbocycles. The van der Waals surface area contributed by atoms with Gasteiger partial charge in [0.25, 0.3) is 0 Å². The molecule has 104 valence electrons. The van der Waals surface area contributed by atoms with Gasteiger partial charge in [0.1, 0.15) is 6.17 Å². The van der Waals surface area contributed by atoms with Gasteiger partial charge in [-0.2, -0.15) is 0 Å². The molecule has 1 aromatic rings. The van der Waals surface area contributed by atoms with Gasteiger partial charge >= 0.3 is 0 Å². The first-order valence-corrected chi connectivity index (χ1v) is 6.16. The van der Waals surface area contributed by atoms with Crippen LogP contribution < -0.4 is 10.2 Å². The minimum absolute atomic E-state index is 0.110. The molecule has 1 aliphatic rings. The quantitative estimate of drug-likeness (QED) is 0.913. The van der Waals surface area contributed by atoms with Gasteiger partial charge in [0, 0.05) is 31.3 Å². The van der Waals surface area contributed by atoms with E-state index in [9.17, 15) is 18.0 Å². The van der Waals surface area contributed by atoms with E-state index in [4.69, 9.17) is 0 Å². The third kappa shape index (κ3) is 2.89. The third-order valence-electron chi connectivity index (χ3n) is 3.17. The number of likely N-dealkylation sites (N-methyl/N-ethyl adjacent to an activating group) is 1. The summed E-state index contributed by atoms with van der Waals surface area (Å²) in [6.07, 6.45) is -0.934. The topological polar surface area (TPSA) is 32.3 Å². The van der Waals surface area contributed by atoms with E-state index in [1.54, 1.807) is 6.92 Å². The Hall–Kier alpha value is -1.56. The molecule has 6 heteroatoms. The molecule has 0 bridgehead atoms. The van der Waals surface area contributed by atoms with E-state index >= 15 is 0 Å². The summed E-state index contributed by atoms with van der Waals surface area (Å²) in [5.74, 6) is -2.30. The Kier molecular flexibility index (Phi) is 4.09. The van der Waals surface area contributed by atoms with Crippen molar-refractivity contribution < 1.29 is 18.0 Å². The Bertz CT molecular complexity index is 481. The van der Waals surface area contributed by atoms with Gasteiger partial charge in [-0.25, -0.2) is 13.2 Å². The smallest absolute Gasteiger partial charge is 0.244 e. The summed E-state index contributed by atoms with van der Waals surface area (Å²) in [6.45, 7) is 2.17. The lowest BCUT2D eigenvalue weighted by atomic mass is 10.1. The summed E-state index contributed by atoms with van der Waals surface area (Å²) in [6, 6.07) is 2.67. The minimum Gasteiger partial charge on any atom is -0.311 e. The van der Waals surface area contributed by atoms with Crippen LogP contribution in [0.5, 0.6) is 0 Å². The highest BCUT2D eigenvalue weighted by Crippen LogP contribution is 2.21. The first-order valence-electron chi connectivity index (χ1n) is 6.16. The van der Waals surface area contributed by atoms with Gasteiger partial charge in [0.2, 0.25) is 5.91 Å². The summed E-state index contributed by atoms with van der Waals surface area (Å²) in [7, 11) is 0. The number of carbonyl (C=O) groups is 1. The van der Waals surface area contributed by atoms with Crippen molar-refractivity contribution in [2.45, 2.75) is 25.6 Å². The number of nitrogens with one attached hydrogen (secondary N) is 1. The van der Waals surface area contributed by atoms with Crippen LogP contribution in [0.3, 0.4) is 0 Å². The Labute approximate surface area is 109 Å². The fraction of sp³-hybridized carbons (Fsp3) is 0.462. The molecule has 1 fully saturated rings. The number of halogens is 3. The summed E-state index contributed by atoms with van der Waals surface area (Å²) in [4.78, 5) is 13.5. The minimum atomic E-state index is -1.04. The Morgan fingerprint density at radius 1 is 1.42 bits per heavy atom. The molecule has 1 aliphatic heterocycles. The van der Waals surface area contributed by atoms with Crippen molar-refractivity contribution in [1.29, 1.82) is 0 Å². The average molecular weight is 272 g/mol. The van der Waals surface area contributed by atoms with E-state index in [1.165, 1.54) is 11.0 Å². The molecule has 2 atom stereocenters. The zero-order chi connectivity index (χ0) is 14.0. The lowest BCUT2D eigenvalue weighted by Crippen LogP contribution is -2.43. The van der Waals surface area contributed by atoms with Gasteiger partial charge in [-0.3, -0.25) is 4.79 Å². The second kappa shape index (κ2) is 5.61.